The zero-order valence-electron chi connectivity index (χ0n) is 12.8. The van der Waals surface area contributed by atoms with Gasteiger partial charge >= 0.3 is 6.18 Å². The lowest BCUT2D eigenvalue weighted by Crippen LogP contribution is -2.58. The topological polar surface area (TPSA) is 49.9 Å². The number of hydrogen-bond acceptors (Lipinski definition) is 3. The van der Waals surface area contributed by atoms with Gasteiger partial charge in [-0.25, -0.2) is 0 Å². The minimum Gasteiger partial charge on any atom is -0.375 e. The highest BCUT2D eigenvalue weighted by Crippen LogP contribution is 2.32. The average molecular weight is 330 g/mol. The van der Waals surface area contributed by atoms with E-state index in [9.17, 15) is 22.8 Å². The maximum Gasteiger partial charge on any atom is 0.416 e. The summed E-state index contributed by atoms with van der Waals surface area (Å²) >= 11 is 0. The summed E-state index contributed by atoms with van der Waals surface area (Å²) in [5, 5.41) is 0. The van der Waals surface area contributed by atoms with Gasteiger partial charge < -0.3 is 14.5 Å². The van der Waals surface area contributed by atoms with E-state index in [1.165, 1.54) is 29.0 Å². The number of piperazine rings is 1. The number of halogens is 3. The Bertz CT molecular complexity index is 604. The quantitative estimate of drug-likeness (QED) is 0.851. The van der Waals surface area contributed by atoms with Gasteiger partial charge in [-0.3, -0.25) is 9.59 Å². The van der Waals surface area contributed by atoms with Crippen LogP contribution in [0.1, 0.15) is 12.5 Å². The van der Waals surface area contributed by atoms with Crippen molar-refractivity contribution in [1.82, 2.24) is 4.90 Å². The van der Waals surface area contributed by atoms with Crippen molar-refractivity contribution in [3.05, 3.63) is 29.8 Å². The van der Waals surface area contributed by atoms with E-state index in [-0.39, 0.29) is 31.3 Å². The lowest BCUT2D eigenvalue weighted by atomic mass is 10.1. The molecule has 0 spiro atoms. The number of methoxy groups -OCH3 is 1. The summed E-state index contributed by atoms with van der Waals surface area (Å²) in [6.07, 6.45) is -4.47. The molecule has 1 heterocycles. The molecular formula is C15H17F3N2O3. The van der Waals surface area contributed by atoms with Crippen LogP contribution in [0.25, 0.3) is 0 Å². The maximum atomic E-state index is 12.8. The molecule has 1 saturated heterocycles. The summed E-state index contributed by atoms with van der Waals surface area (Å²) in [5.74, 6) is -0.739. The van der Waals surface area contributed by atoms with E-state index >= 15 is 0 Å². The fourth-order valence-electron chi connectivity index (χ4n) is 2.52. The first-order valence-corrected chi connectivity index (χ1v) is 7.02. The molecule has 0 radical (unpaired) electrons. The van der Waals surface area contributed by atoms with Crippen molar-refractivity contribution in [3.63, 3.8) is 0 Å². The van der Waals surface area contributed by atoms with Crippen LogP contribution in [-0.4, -0.2) is 49.6 Å². The molecule has 8 heteroatoms. The Hall–Kier alpha value is -2.09. The van der Waals surface area contributed by atoms with Gasteiger partial charge in [-0.15, -0.1) is 0 Å². The molecule has 0 saturated carbocycles. The number of alkyl halides is 3. The van der Waals surface area contributed by atoms with E-state index in [0.29, 0.717) is 0 Å². The molecule has 1 fully saturated rings. The second-order valence-corrected chi connectivity index (χ2v) is 5.23. The molecular weight excluding hydrogens is 313 g/mol. The Balaban J connectivity index is 2.21. The molecule has 126 valence electrons. The number of carbonyl (C=O) groups is 2. The van der Waals surface area contributed by atoms with Crippen molar-refractivity contribution in [2.45, 2.75) is 19.1 Å². The van der Waals surface area contributed by atoms with Crippen molar-refractivity contribution in [2.75, 3.05) is 31.7 Å². The predicted octanol–water partition coefficient (Wildman–Crippen LogP) is 1.92. The lowest BCUT2D eigenvalue weighted by Gasteiger charge is -2.39. The summed E-state index contributed by atoms with van der Waals surface area (Å²) in [5.41, 5.74) is -0.635. The highest BCUT2D eigenvalue weighted by atomic mass is 19.4. The van der Waals surface area contributed by atoms with Crippen molar-refractivity contribution in [2.24, 2.45) is 0 Å². The van der Waals surface area contributed by atoms with Crippen molar-refractivity contribution in [1.29, 1.82) is 0 Å². The summed E-state index contributed by atoms with van der Waals surface area (Å²) in [4.78, 5) is 26.9. The number of hydrogen-bond donors (Lipinski definition) is 0. The Morgan fingerprint density at radius 1 is 1.35 bits per heavy atom. The SMILES string of the molecule is COCC(=O)N1CCN(c2cccc(C(F)(F)F)c2)C(=O)[C@H]1C. The molecule has 0 unspecified atom stereocenters. The standard InChI is InChI=1S/C15H17F3N2O3/c1-10-14(22)20(7-6-19(10)13(21)9-23-2)12-5-3-4-11(8-12)15(16,17)18/h3-5,8,10H,6-7,9H2,1-2H3/t10-/m1/s1. The van der Waals surface area contributed by atoms with E-state index in [0.717, 1.165) is 12.1 Å². The van der Waals surface area contributed by atoms with Gasteiger partial charge in [-0.05, 0) is 25.1 Å². The first-order chi connectivity index (χ1) is 10.8. The number of anilines is 1. The number of ether oxygens (including phenoxy) is 1. The van der Waals surface area contributed by atoms with E-state index in [4.69, 9.17) is 4.74 Å². The first-order valence-electron chi connectivity index (χ1n) is 7.02. The molecule has 1 aromatic rings. The largest absolute Gasteiger partial charge is 0.416 e. The monoisotopic (exact) mass is 330 g/mol. The zero-order valence-corrected chi connectivity index (χ0v) is 12.8. The number of nitrogens with zero attached hydrogens (tertiary/aromatic N) is 2. The van der Waals surface area contributed by atoms with Gasteiger partial charge in [0, 0.05) is 25.9 Å². The molecule has 5 nitrogen and oxygen atoms in total. The number of rotatable bonds is 3. The molecule has 0 N–H and O–H groups in total. The van der Waals surface area contributed by atoms with Crippen LogP contribution in [0.3, 0.4) is 0 Å². The molecule has 23 heavy (non-hydrogen) atoms. The third kappa shape index (κ3) is 3.64. The van der Waals surface area contributed by atoms with E-state index < -0.39 is 23.7 Å². The van der Waals surface area contributed by atoms with Gasteiger partial charge in [0.25, 0.3) is 0 Å². The second-order valence-electron chi connectivity index (χ2n) is 5.23. The average Bonchev–Trinajstić information content (AvgIpc) is 2.49. The smallest absolute Gasteiger partial charge is 0.375 e. The molecule has 2 rings (SSSR count). The van der Waals surface area contributed by atoms with E-state index in [2.05, 4.69) is 0 Å². The third-order valence-corrected chi connectivity index (χ3v) is 3.73. The highest BCUT2D eigenvalue weighted by Gasteiger charge is 2.36. The molecule has 1 aromatic carbocycles. The third-order valence-electron chi connectivity index (χ3n) is 3.73. The van der Waals surface area contributed by atoms with Crippen molar-refractivity contribution >= 4 is 17.5 Å². The van der Waals surface area contributed by atoms with E-state index in [1.54, 1.807) is 6.92 Å². The van der Waals surface area contributed by atoms with Crippen LogP contribution in [0.4, 0.5) is 18.9 Å². The zero-order chi connectivity index (χ0) is 17.2. The van der Waals surface area contributed by atoms with Gasteiger partial charge in [0.05, 0.1) is 5.56 Å². The van der Waals surface area contributed by atoms with Gasteiger partial charge in [0.15, 0.2) is 0 Å². The van der Waals surface area contributed by atoms with Gasteiger partial charge in [-0.1, -0.05) is 6.07 Å². The summed E-state index contributed by atoms with van der Waals surface area (Å²) in [6, 6.07) is 3.86. The van der Waals surface area contributed by atoms with Crippen LogP contribution in [-0.2, 0) is 20.5 Å². The lowest BCUT2D eigenvalue weighted by molar-refractivity contribution is -0.143. The number of amides is 2. The number of carbonyl (C=O) groups excluding carboxylic acids is 2. The van der Waals surface area contributed by atoms with Crippen LogP contribution in [0.5, 0.6) is 0 Å². The molecule has 0 aliphatic carbocycles. The van der Waals surface area contributed by atoms with Crippen LogP contribution < -0.4 is 4.90 Å². The molecule has 0 bridgehead atoms. The van der Waals surface area contributed by atoms with Crippen molar-refractivity contribution in [3.8, 4) is 0 Å². The normalized spacial score (nSPS) is 19.2. The molecule has 1 aliphatic heterocycles. The Morgan fingerprint density at radius 3 is 2.65 bits per heavy atom. The number of benzene rings is 1. The van der Waals surface area contributed by atoms with Crippen molar-refractivity contribution < 1.29 is 27.5 Å². The second kappa shape index (κ2) is 6.57. The van der Waals surface area contributed by atoms with E-state index in [1.807, 2.05) is 0 Å². The molecule has 2 amide bonds. The fraction of sp³-hybridized carbons (Fsp3) is 0.467. The Kier molecular flexibility index (Phi) is 4.93. The summed E-state index contributed by atoms with van der Waals surface area (Å²) in [6.45, 7) is 1.79. The van der Waals surface area contributed by atoms with Crippen LogP contribution >= 0.6 is 0 Å². The highest BCUT2D eigenvalue weighted by molar-refractivity contribution is 6.00. The Morgan fingerprint density at radius 2 is 2.04 bits per heavy atom. The maximum absolute atomic E-state index is 12.8. The van der Waals surface area contributed by atoms with Crippen LogP contribution in [0.2, 0.25) is 0 Å². The van der Waals surface area contributed by atoms with Crippen LogP contribution in [0, 0.1) is 0 Å². The summed E-state index contributed by atoms with van der Waals surface area (Å²) < 4.78 is 43.1. The molecule has 0 aromatic heterocycles. The summed E-state index contributed by atoms with van der Waals surface area (Å²) in [7, 11) is 1.38. The Labute approximate surface area is 131 Å². The fourth-order valence-corrected chi connectivity index (χ4v) is 2.52. The predicted molar refractivity (Wildman–Crippen MR) is 76.8 cm³/mol. The van der Waals surface area contributed by atoms with Crippen LogP contribution in [0.15, 0.2) is 24.3 Å². The molecule has 1 aliphatic rings. The van der Waals surface area contributed by atoms with Gasteiger partial charge in [0.2, 0.25) is 11.8 Å². The minimum atomic E-state index is -4.47. The van der Waals surface area contributed by atoms with Gasteiger partial charge in [0.1, 0.15) is 12.6 Å². The van der Waals surface area contributed by atoms with Gasteiger partial charge in [-0.2, -0.15) is 13.2 Å². The minimum absolute atomic E-state index is 0.138. The molecule has 1 atom stereocenters. The first kappa shape index (κ1) is 17.3.